The average Bonchev–Trinajstić information content (AvgIpc) is 2.60. The van der Waals surface area contributed by atoms with E-state index in [1.807, 2.05) is 32.0 Å². The van der Waals surface area contributed by atoms with E-state index in [0.29, 0.717) is 17.5 Å². The molecule has 2 heterocycles. The SMILES string of the molecule is CCn1c(C)cc(=O)c2cc(C(=O)NCc3cccnc3)ccc21. The van der Waals surface area contributed by atoms with Gasteiger partial charge in [0.05, 0.1) is 5.52 Å². The fraction of sp³-hybridized carbons (Fsp3) is 0.211. The van der Waals surface area contributed by atoms with Gasteiger partial charge in [-0.25, -0.2) is 0 Å². The highest BCUT2D eigenvalue weighted by atomic mass is 16.1. The molecule has 0 unspecified atom stereocenters. The van der Waals surface area contributed by atoms with Gasteiger partial charge in [0, 0.05) is 48.2 Å². The monoisotopic (exact) mass is 321 g/mol. The molecule has 5 nitrogen and oxygen atoms in total. The van der Waals surface area contributed by atoms with Crippen LogP contribution in [0.4, 0.5) is 0 Å². The van der Waals surface area contributed by atoms with Crippen LogP contribution in [0.1, 0.15) is 28.5 Å². The molecule has 0 atom stereocenters. The predicted molar refractivity (Wildman–Crippen MR) is 94.0 cm³/mol. The summed E-state index contributed by atoms with van der Waals surface area (Å²) in [6.45, 7) is 5.12. The fourth-order valence-electron chi connectivity index (χ4n) is 2.85. The van der Waals surface area contributed by atoms with Crippen LogP contribution >= 0.6 is 0 Å². The van der Waals surface area contributed by atoms with Crippen LogP contribution in [-0.4, -0.2) is 15.5 Å². The molecule has 1 amide bonds. The van der Waals surface area contributed by atoms with Crippen molar-refractivity contribution >= 4 is 16.8 Å². The third-order valence-electron chi connectivity index (χ3n) is 4.07. The summed E-state index contributed by atoms with van der Waals surface area (Å²) in [5, 5.41) is 3.42. The highest BCUT2D eigenvalue weighted by Crippen LogP contribution is 2.15. The van der Waals surface area contributed by atoms with Gasteiger partial charge in [-0.2, -0.15) is 0 Å². The van der Waals surface area contributed by atoms with Crippen LogP contribution in [0.2, 0.25) is 0 Å². The molecular weight excluding hydrogens is 302 g/mol. The maximum Gasteiger partial charge on any atom is 0.251 e. The molecule has 0 aliphatic heterocycles. The van der Waals surface area contributed by atoms with Crippen molar-refractivity contribution in [1.82, 2.24) is 14.9 Å². The summed E-state index contributed by atoms with van der Waals surface area (Å²) in [5.74, 6) is -0.205. The minimum Gasteiger partial charge on any atom is -0.348 e. The summed E-state index contributed by atoms with van der Waals surface area (Å²) in [6, 6.07) is 10.6. The largest absolute Gasteiger partial charge is 0.348 e. The lowest BCUT2D eigenvalue weighted by atomic mass is 10.1. The molecule has 0 aliphatic rings. The lowest BCUT2D eigenvalue weighted by molar-refractivity contribution is 0.0951. The molecule has 3 rings (SSSR count). The van der Waals surface area contributed by atoms with Crippen LogP contribution in [-0.2, 0) is 13.1 Å². The maximum atomic E-state index is 12.4. The van der Waals surface area contributed by atoms with E-state index in [1.165, 1.54) is 0 Å². The van der Waals surface area contributed by atoms with E-state index in [9.17, 15) is 9.59 Å². The molecule has 5 heteroatoms. The summed E-state index contributed by atoms with van der Waals surface area (Å²) in [5.41, 5.74) is 3.12. The molecule has 3 aromatic rings. The molecule has 0 bridgehead atoms. The summed E-state index contributed by atoms with van der Waals surface area (Å²) in [7, 11) is 0. The van der Waals surface area contributed by atoms with Gasteiger partial charge >= 0.3 is 0 Å². The zero-order chi connectivity index (χ0) is 17.1. The molecule has 1 aromatic carbocycles. The van der Waals surface area contributed by atoms with Crippen LogP contribution in [0.5, 0.6) is 0 Å². The number of hydrogen-bond acceptors (Lipinski definition) is 3. The van der Waals surface area contributed by atoms with Crippen molar-refractivity contribution in [1.29, 1.82) is 0 Å². The van der Waals surface area contributed by atoms with Gasteiger partial charge < -0.3 is 9.88 Å². The first-order valence-corrected chi connectivity index (χ1v) is 7.91. The number of carbonyl (C=O) groups is 1. The Hall–Kier alpha value is -2.95. The van der Waals surface area contributed by atoms with Crippen molar-refractivity contribution < 1.29 is 4.79 Å². The Kier molecular flexibility index (Phi) is 4.42. The second-order valence-corrected chi connectivity index (χ2v) is 5.67. The fourth-order valence-corrected chi connectivity index (χ4v) is 2.85. The summed E-state index contributed by atoms with van der Waals surface area (Å²) < 4.78 is 2.06. The van der Waals surface area contributed by atoms with Crippen LogP contribution in [0.15, 0.2) is 53.6 Å². The highest BCUT2D eigenvalue weighted by Gasteiger charge is 2.10. The molecule has 0 aliphatic carbocycles. The summed E-state index contributed by atoms with van der Waals surface area (Å²) >= 11 is 0. The first kappa shape index (κ1) is 15.9. The molecule has 122 valence electrons. The normalized spacial score (nSPS) is 10.8. The van der Waals surface area contributed by atoms with Crippen molar-refractivity contribution in [3.05, 3.63) is 75.8 Å². The van der Waals surface area contributed by atoms with Gasteiger partial charge in [-0.05, 0) is 43.7 Å². The Morgan fingerprint density at radius 3 is 2.79 bits per heavy atom. The van der Waals surface area contributed by atoms with Crippen molar-refractivity contribution in [2.75, 3.05) is 0 Å². The quantitative estimate of drug-likeness (QED) is 0.803. The Morgan fingerprint density at radius 1 is 1.25 bits per heavy atom. The smallest absolute Gasteiger partial charge is 0.251 e. The molecule has 0 fully saturated rings. The number of carbonyl (C=O) groups excluding carboxylic acids is 1. The number of benzene rings is 1. The maximum absolute atomic E-state index is 12.4. The predicted octanol–water partition coefficient (Wildman–Crippen LogP) is 2.65. The van der Waals surface area contributed by atoms with Crippen LogP contribution in [0.3, 0.4) is 0 Å². The molecule has 0 saturated heterocycles. The number of hydrogen-bond donors (Lipinski definition) is 1. The van der Waals surface area contributed by atoms with E-state index < -0.39 is 0 Å². The first-order valence-electron chi connectivity index (χ1n) is 7.91. The standard InChI is InChI=1S/C19H19N3O2/c1-3-22-13(2)9-18(23)16-10-15(6-7-17(16)22)19(24)21-12-14-5-4-8-20-11-14/h4-11H,3,12H2,1-2H3,(H,21,24). The van der Waals surface area contributed by atoms with E-state index >= 15 is 0 Å². The second kappa shape index (κ2) is 6.66. The Labute approximate surface area is 140 Å². The topological polar surface area (TPSA) is 64.0 Å². The van der Waals surface area contributed by atoms with Crippen LogP contribution in [0, 0.1) is 6.92 Å². The number of nitrogens with zero attached hydrogens (tertiary/aromatic N) is 2. The summed E-state index contributed by atoms with van der Waals surface area (Å²) in [6.07, 6.45) is 3.40. The molecule has 2 aromatic heterocycles. The van der Waals surface area contributed by atoms with Gasteiger partial charge in [0.1, 0.15) is 0 Å². The zero-order valence-electron chi connectivity index (χ0n) is 13.7. The van der Waals surface area contributed by atoms with Gasteiger partial charge in [-0.1, -0.05) is 6.07 Å². The van der Waals surface area contributed by atoms with Crippen molar-refractivity contribution in [2.24, 2.45) is 0 Å². The highest BCUT2D eigenvalue weighted by molar-refractivity contribution is 5.98. The number of aromatic nitrogens is 2. The van der Waals surface area contributed by atoms with Crippen molar-refractivity contribution in [2.45, 2.75) is 26.9 Å². The molecule has 0 saturated carbocycles. The van der Waals surface area contributed by atoms with Crippen molar-refractivity contribution in [3.63, 3.8) is 0 Å². The van der Waals surface area contributed by atoms with Crippen molar-refractivity contribution in [3.8, 4) is 0 Å². The van der Waals surface area contributed by atoms with E-state index in [2.05, 4.69) is 14.9 Å². The third-order valence-corrected chi connectivity index (χ3v) is 4.07. The van der Waals surface area contributed by atoms with Gasteiger partial charge in [0.25, 0.3) is 5.91 Å². The number of pyridine rings is 2. The minimum atomic E-state index is -0.205. The van der Waals surface area contributed by atoms with Gasteiger partial charge in [0.2, 0.25) is 0 Å². The molecule has 0 radical (unpaired) electrons. The third kappa shape index (κ3) is 3.06. The average molecular weight is 321 g/mol. The molecule has 24 heavy (non-hydrogen) atoms. The first-order chi connectivity index (χ1) is 11.6. The van der Waals surface area contributed by atoms with Gasteiger partial charge in [-0.15, -0.1) is 0 Å². The van der Waals surface area contributed by atoms with E-state index in [4.69, 9.17) is 0 Å². The minimum absolute atomic E-state index is 0.0610. The number of rotatable bonds is 4. The number of aryl methyl sites for hydroxylation is 2. The lowest BCUT2D eigenvalue weighted by Crippen LogP contribution is -2.23. The zero-order valence-corrected chi connectivity index (χ0v) is 13.7. The van der Waals surface area contributed by atoms with Crippen LogP contribution in [0.25, 0.3) is 10.9 Å². The number of fused-ring (bicyclic) bond motifs is 1. The van der Waals surface area contributed by atoms with Gasteiger partial charge in [0.15, 0.2) is 5.43 Å². The van der Waals surface area contributed by atoms with E-state index in [-0.39, 0.29) is 11.3 Å². The van der Waals surface area contributed by atoms with E-state index in [1.54, 1.807) is 30.6 Å². The number of amides is 1. The molecule has 0 spiro atoms. The Balaban J connectivity index is 1.90. The lowest BCUT2D eigenvalue weighted by Gasteiger charge is -2.13. The molecule has 1 N–H and O–H groups in total. The van der Waals surface area contributed by atoms with Gasteiger partial charge in [-0.3, -0.25) is 14.6 Å². The van der Waals surface area contributed by atoms with E-state index in [0.717, 1.165) is 23.3 Å². The molecular formula is C19H19N3O2. The number of nitrogens with one attached hydrogen (secondary N) is 1. The summed E-state index contributed by atoms with van der Waals surface area (Å²) in [4.78, 5) is 28.6. The van der Waals surface area contributed by atoms with Crippen LogP contribution < -0.4 is 10.7 Å². The Bertz CT molecular complexity index is 946. The second-order valence-electron chi connectivity index (χ2n) is 5.67. The Morgan fingerprint density at radius 2 is 2.08 bits per heavy atom.